The summed E-state index contributed by atoms with van der Waals surface area (Å²) in [5.74, 6) is 0. The summed E-state index contributed by atoms with van der Waals surface area (Å²) < 4.78 is 2.38. The van der Waals surface area contributed by atoms with E-state index in [1.165, 1.54) is 11.1 Å². The van der Waals surface area contributed by atoms with E-state index < -0.39 is 28.8 Å². The lowest BCUT2D eigenvalue weighted by Gasteiger charge is -2.16. The molecule has 2 aromatic rings. The highest BCUT2D eigenvalue weighted by molar-refractivity contribution is 6.79. The van der Waals surface area contributed by atoms with Crippen LogP contribution in [0.15, 0.2) is 59.7 Å². The molecule has 0 fully saturated rings. The number of rotatable bonds is 2. The summed E-state index contributed by atoms with van der Waals surface area (Å²) in [5, 5.41) is 1.67. The van der Waals surface area contributed by atoms with E-state index >= 15 is 0 Å². The molecule has 0 saturated heterocycles. The molecule has 0 nitrogen and oxygen atoms in total. The molecule has 0 N–H and O–H groups in total. The molecule has 0 aliphatic heterocycles. The van der Waals surface area contributed by atoms with Gasteiger partial charge in [-0.05, 0) is 35.7 Å². The van der Waals surface area contributed by atoms with Gasteiger partial charge < -0.3 is 0 Å². The van der Waals surface area contributed by atoms with Gasteiger partial charge in [0.05, 0.1) is 0 Å². The Labute approximate surface area is 156 Å². The van der Waals surface area contributed by atoms with E-state index in [1.54, 1.807) is 31.1 Å². The molecule has 2 aliphatic rings. The third-order valence-corrected chi connectivity index (χ3v) is 10.0. The quantitative estimate of drug-likeness (QED) is 0.664. The fourth-order valence-electron chi connectivity index (χ4n) is 4.45. The van der Waals surface area contributed by atoms with Gasteiger partial charge >= 0.3 is 20.4 Å². The molecule has 0 amide bonds. The predicted octanol–water partition coefficient (Wildman–Crippen LogP) is 5.15. The Hall–Kier alpha value is -1.23. The Morgan fingerprint density at radius 2 is 1.54 bits per heavy atom. The highest BCUT2D eigenvalue weighted by Gasteiger charge is 2.31. The predicted molar refractivity (Wildman–Crippen MR) is 109 cm³/mol. The van der Waals surface area contributed by atoms with Crippen LogP contribution in [-0.2, 0) is 0 Å². The lowest BCUT2D eigenvalue weighted by molar-refractivity contribution is 1.13. The van der Waals surface area contributed by atoms with Crippen LogP contribution in [0.5, 0.6) is 0 Å². The van der Waals surface area contributed by atoms with E-state index in [-0.39, 0.29) is 0 Å². The van der Waals surface area contributed by atoms with E-state index in [2.05, 4.69) is 81.5 Å². The summed E-state index contributed by atoms with van der Waals surface area (Å²) in [6.07, 6.45) is 2.41. The zero-order chi connectivity index (χ0) is 16.8. The average Bonchev–Trinajstić information content (AvgIpc) is 3.03. The first kappa shape index (κ1) is 16.3. The molecule has 0 aromatic heterocycles. The minimum Gasteiger partial charge on any atom is -0.162 e. The summed E-state index contributed by atoms with van der Waals surface area (Å²) >= 11 is -0.405. The van der Waals surface area contributed by atoms with Gasteiger partial charge in [0.1, 0.15) is 0 Å². The van der Waals surface area contributed by atoms with Crippen molar-refractivity contribution in [1.29, 1.82) is 0 Å². The summed E-state index contributed by atoms with van der Waals surface area (Å²) in [7, 11) is -0.445. The molecule has 1 unspecified atom stereocenters. The second-order valence-electron chi connectivity index (χ2n) is 7.30. The zero-order valence-electron chi connectivity index (χ0n) is 15.0. The third kappa shape index (κ3) is 2.52. The molecule has 0 heterocycles. The molecule has 2 heteroatoms. The van der Waals surface area contributed by atoms with Crippen molar-refractivity contribution in [2.75, 3.05) is 0 Å². The third-order valence-electron chi connectivity index (χ3n) is 5.56. The van der Waals surface area contributed by atoms with E-state index in [0.29, 0.717) is 4.05 Å². The van der Waals surface area contributed by atoms with Gasteiger partial charge in [0.15, 0.2) is 0 Å². The second-order valence-corrected chi connectivity index (χ2v) is 11.7. The Morgan fingerprint density at radius 1 is 0.875 bits per heavy atom. The maximum atomic E-state index is 2.43. The van der Waals surface area contributed by atoms with E-state index in [1.807, 2.05) is 0 Å². The van der Waals surface area contributed by atoms with Crippen LogP contribution in [0.4, 0.5) is 0 Å². The molecule has 24 heavy (non-hydrogen) atoms. The molecule has 1 atom stereocenters. The fourth-order valence-corrected chi connectivity index (χ4v) is 8.74. The van der Waals surface area contributed by atoms with E-state index in [4.69, 9.17) is 0 Å². The Bertz CT molecular complexity index is 926. The number of hydrogen-bond acceptors (Lipinski definition) is 0. The largest absolute Gasteiger partial charge is 0.426 e. The summed E-state index contributed by atoms with van der Waals surface area (Å²) in [6.45, 7) is 9.57. The van der Waals surface area contributed by atoms with Crippen molar-refractivity contribution in [1.82, 2.24) is 0 Å². The van der Waals surface area contributed by atoms with Crippen molar-refractivity contribution < 1.29 is 0 Å². The molecule has 2 aliphatic carbocycles. The van der Waals surface area contributed by atoms with Gasteiger partial charge in [0.2, 0.25) is 0 Å². The normalized spacial score (nSPS) is 18.2. The molecule has 0 bridgehead atoms. The van der Waals surface area contributed by atoms with Crippen LogP contribution >= 0.6 is 0 Å². The smallest absolute Gasteiger partial charge is 0.162 e. The van der Waals surface area contributed by atoms with Crippen LogP contribution in [0.2, 0.25) is 13.1 Å². The zero-order valence-corrected chi connectivity index (χ0v) is 17.4. The molecule has 116 valence electrons. The van der Waals surface area contributed by atoms with Crippen molar-refractivity contribution in [3.8, 4) is 0 Å². The maximum Gasteiger partial charge on any atom is 0.426 e. The van der Waals surface area contributed by atoms with Gasteiger partial charge in [-0.3, -0.25) is 0 Å². The second kappa shape index (κ2) is 6.25. The van der Waals surface area contributed by atoms with Crippen LogP contribution in [-0.4, -0.2) is 33.9 Å². The van der Waals surface area contributed by atoms with Gasteiger partial charge in [-0.2, -0.15) is 3.70 Å². The molecular weight excluding hydrogens is 317 g/mol. The minimum absolute atomic E-state index is 0.405. The van der Waals surface area contributed by atoms with Crippen LogP contribution in [0.25, 0.3) is 9.78 Å². The first-order valence-corrected chi connectivity index (χ1v) is 12.8. The Balaban J connectivity index is 1.81. The number of benzene rings is 2. The number of hydrogen-bond donors (Lipinski definition) is 0. The van der Waals surface area contributed by atoms with Crippen molar-refractivity contribution in [3.05, 3.63) is 81.9 Å². The van der Waals surface area contributed by atoms with E-state index in [9.17, 15) is 0 Å². The average molecular weight is 339 g/mol. The topological polar surface area (TPSA) is 0 Å². The SMILES string of the molecule is CC1=Cc2ccccc2[CH]1[Mg][C]1=C(C)C(=[Si](C)C)c2ccccc21. The van der Waals surface area contributed by atoms with Crippen LogP contribution in [0.3, 0.4) is 0 Å². The van der Waals surface area contributed by atoms with Crippen LogP contribution in [0, 0.1) is 0 Å². The Morgan fingerprint density at radius 3 is 2.29 bits per heavy atom. The summed E-state index contributed by atoms with van der Waals surface area (Å²) in [6, 6.07) is 18.1. The molecule has 4 rings (SSSR count). The highest BCUT2D eigenvalue weighted by Crippen LogP contribution is 2.40. The summed E-state index contributed by atoms with van der Waals surface area (Å²) in [5.41, 5.74) is 9.25. The first-order valence-electron chi connectivity index (χ1n) is 8.82. The Kier molecular flexibility index (Phi) is 4.23. The molecule has 2 aromatic carbocycles. The van der Waals surface area contributed by atoms with Crippen LogP contribution < -0.4 is 0 Å². The number of fused-ring (bicyclic) bond motifs is 2. The fraction of sp³-hybridized carbons (Fsp3) is 0.227. The van der Waals surface area contributed by atoms with Gasteiger partial charge in [0.25, 0.3) is 0 Å². The van der Waals surface area contributed by atoms with Gasteiger partial charge in [-0.25, -0.2) is 0 Å². The van der Waals surface area contributed by atoms with E-state index in [0.717, 1.165) is 0 Å². The maximum absolute atomic E-state index is 2.43. The van der Waals surface area contributed by atoms with Crippen molar-refractivity contribution in [2.45, 2.75) is 31.0 Å². The van der Waals surface area contributed by atoms with Crippen molar-refractivity contribution >= 4 is 43.7 Å². The van der Waals surface area contributed by atoms with Gasteiger partial charge in [-0.15, -0.1) is 0 Å². The summed E-state index contributed by atoms with van der Waals surface area (Å²) in [4.78, 5) is 0. The highest BCUT2D eigenvalue weighted by atomic mass is 28.2. The van der Waals surface area contributed by atoms with Crippen molar-refractivity contribution in [3.63, 3.8) is 0 Å². The number of allylic oxidation sites excluding steroid dienone is 2. The lowest BCUT2D eigenvalue weighted by Crippen LogP contribution is -2.11. The van der Waals surface area contributed by atoms with Crippen molar-refractivity contribution in [2.24, 2.45) is 0 Å². The molecule has 0 saturated carbocycles. The first-order chi connectivity index (χ1) is 11.6. The standard InChI is InChI=1S/C12H13Si.C10H9.Mg/c1-9-8-10-6-4-5-7-11(10)12(9)13(2)3;1-8-6-9-4-2-3-5-10(9)7-8;/h4-7H,1-3H3;2-7H,1H3;. The molecular formula is C22H22MgSi. The van der Waals surface area contributed by atoms with Gasteiger partial charge in [-0.1, -0.05) is 88.5 Å². The minimum atomic E-state index is -0.445. The molecule has 0 radical (unpaired) electrons. The molecule has 0 spiro atoms. The van der Waals surface area contributed by atoms with Crippen LogP contribution in [0.1, 0.15) is 40.1 Å². The van der Waals surface area contributed by atoms with Gasteiger partial charge in [0, 0.05) is 8.41 Å². The monoisotopic (exact) mass is 338 g/mol. The lowest BCUT2D eigenvalue weighted by atomic mass is 10.1.